The topological polar surface area (TPSA) is 15.3 Å². The molecule has 108 valence electrons. The lowest BCUT2D eigenvalue weighted by Crippen LogP contribution is -2.67. The van der Waals surface area contributed by atoms with Crippen molar-refractivity contribution >= 4 is 11.8 Å². The predicted molar refractivity (Wildman–Crippen MR) is 70.9 cm³/mol. The molecule has 1 aliphatic rings. The van der Waals surface area contributed by atoms with Crippen LogP contribution in [0, 0.1) is 0 Å². The van der Waals surface area contributed by atoms with Crippen molar-refractivity contribution in [3.05, 3.63) is 0 Å². The maximum absolute atomic E-state index is 12.2. The third-order valence-corrected chi connectivity index (χ3v) is 4.40. The minimum absolute atomic E-state index is 0.0302. The summed E-state index contributed by atoms with van der Waals surface area (Å²) in [6.45, 7) is 10.5. The highest BCUT2D eigenvalue weighted by Gasteiger charge is 2.39. The van der Waals surface area contributed by atoms with E-state index in [9.17, 15) is 13.2 Å². The highest BCUT2D eigenvalue weighted by molar-refractivity contribution is 8.00. The molecule has 1 unspecified atom stereocenters. The average Bonchev–Trinajstić information content (AvgIpc) is 2.21. The molecular weight excluding hydrogens is 261 g/mol. The molecule has 18 heavy (non-hydrogen) atoms. The second-order valence-corrected chi connectivity index (χ2v) is 6.96. The molecule has 2 nitrogen and oxygen atoms in total. The van der Waals surface area contributed by atoms with Crippen LogP contribution >= 0.6 is 11.8 Å². The quantitative estimate of drug-likeness (QED) is 0.854. The molecule has 0 aliphatic carbocycles. The third-order valence-electron chi connectivity index (χ3n) is 3.69. The number of hydrogen-bond acceptors (Lipinski definition) is 3. The van der Waals surface area contributed by atoms with E-state index in [-0.39, 0.29) is 28.6 Å². The lowest BCUT2D eigenvalue weighted by Gasteiger charge is -2.51. The number of halogens is 3. The van der Waals surface area contributed by atoms with Crippen LogP contribution in [0.5, 0.6) is 0 Å². The van der Waals surface area contributed by atoms with E-state index < -0.39 is 5.51 Å². The van der Waals surface area contributed by atoms with Gasteiger partial charge in [-0.05, 0) is 39.0 Å². The van der Waals surface area contributed by atoms with Crippen molar-refractivity contribution in [1.82, 2.24) is 10.2 Å². The van der Waals surface area contributed by atoms with Crippen LogP contribution in [-0.4, -0.2) is 46.9 Å². The fourth-order valence-electron chi connectivity index (χ4n) is 2.23. The van der Waals surface area contributed by atoms with E-state index in [1.165, 1.54) is 0 Å². The van der Waals surface area contributed by atoms with Gasteiger partial charge in [-0.1, -0.05) is 6.92 Å². The van der Waals surface area contributed by atoms with E-state index in [0.717, 1.165) is 19.5 Å². The lowest BCUT2D eigenvalue weighted by atomic mass is 9.88. The maximum atomic E-state index is 12.2. The van der Waals surface area contributed by atoms with Crippen LogP contribution in [-0.2, 0) is 0 Å². The molecule has 1 rings (SSSR count). The van der Waals surface area contributed by atoms with Crippen molar-refractivity contribution in [3.63, 3.8) is 0 Å². The highest BCUT2D eigenvalue weighted by Crippen LogP contribution is 2.32. The zero-order valence-electron chi connectivity index (χ0n) is 11.5. The fraction of sp³-hybridized carbons (Fsp3) is 1.00. The minimum atomic E-state index is -4.12. The van der Waals surface area contributed by atoms with Gasteiger partial charge in [0.2, 0.25) is 0 Å². The summed E-state index contributed by atoms with van der Waals surface area (Å²) in [6, 6.07) is 0. The zero-order valence-corrected chi connectivity index (χ0v) is 12.3. The maximum Gasteiger partial charge on any atom is 0.441 e. The van der Waals surface area contributed by atoms with Gasteiger partial charge in [-0.15, -0.1) is 0 Å². The Morgan fingerprint density at radius 3 is 2.39 bits per heavy atom. The molecule has 0 aromatic carbocycles. The second kappa shape index (κ2) is 5.59. The number of rotatable bonds is 4. The molecule has 1 atom stereocenters. The fourth-order valence-corrected chi connectivity index (χ4v) is 2.78. The normalized spacial score (nSPS) is 29.5. The molecule has 0 radical (unpaired) electrons. The van der Waals surface area contributed by atoms with Gasteiger partial charge in [0.05, 0.1) is 0 Å². The number of alkyl halides is 3. The molecule has 1 fully saturated rings. The van der Waals surface area contributed by atoms with E-state index in [1.807, 2.05) is 0 Å². The van der Waals surface area contributed by atoms with E-state index in [1.54, 1.807) is 0 Å². The Bertz CT molecular complexity index is 281. The zero-order chi connectivity index (χ0) is 14.0. The Hall–Kier alpha value is 0.0600. The van der Waals surface area contributed by atoms with Gasteiger partial charge in [-0.2, -0.15) is 13.2 Å². The highest BCUT2D eigenvalue weighted by atomic mass is 32.2. The van der Waals surface area contributed by atoms with Crippen molar-refractivity contribution in [2.75, 3.05) is 25.4 Å². The molecule has 0 amide bonds. The summed E-state index contributed by atoms with van der Waals surface area (Å²) in [4.78, 5) is 2.20. The molecule has 6 heteroatoms. The van der Waals surface area contributed by atoms with Crippen molar-refractivity contribution in [2.45, 2.75) is 50.7 Å². The van der Waals surface area contributed by atoms with Crippen LogP contribution in [0.3, 0.4) is 0 Å². The van der Waals surface area contributed by atoms with E-state index in [2.05, 4.69) is 37.9 Å². The van der Waals surface area contributed by atoms with Crippen LogP contribution in [0.1, 0.15) is 34.1 Å². The lowest BCUT2D eigenvalue weighted by molar-refractivity contribution is -0.0333. The van der Waals surface area contributed by atoms with Gasteiger partial charge in [-0.25, -0.2) is 0 Å². The number of hydrogen-bond donors (Lipinski definition) is 1. The van der Waals surface area contributed by atoms with Crippen LogP contribution < -0.4 is 5.32 Å². The summed E-state index contributed by atoms with van der Waals surface area (Å²) in [5.74, 6) is 0.106. The van der Waals surface area contributed by atoms with Gasteiger partial charge in [0.1, 0.15) is 0 Å². The molecule has 1 heterocycles. The molecular formula is C12H23F3N2S. The first-order valence-corrected chi connectivity index (χ1v) is 7.27. The Balaban J connectivity index is 2.57. The number of thioether (sulfide) groups is 1. The molecule has 1 aliphatic heterocycles. The number of piperazine rings is 1. The first-order chi connectivity index (χ1) is 8.08. The third kappa shape index (κ3) is 4.63. The minimum Gasteiger partial charge on any atom is -0.309 e. The molecule has 0 saturated carbocycles. The van der Waals surface area contributed by atoms with Gasteiger partial charge in [0.15, 0.2) is 0 Å². The van der Waals surface area contributed by atoms with Crippen LogP contribution in [0.2, 0.25) is 0 Å². The van der Waals surface area contributed by atoms with Crippen molar-refractivity contribution in [3.8, 4) is 0 Å². The van der Waals surface area contributed by atoms with Gasteiger partial charge < -0.3 is 5.32 Å². The first-order valence-electron chi connectivity index (χ1n) is 6.29. The van der Waals surface area contributed by atoms with E-state index in [0.29, 0.717) is 6.54 Å². The van der Waals surface area contributed by atoms with Crippen molar-refractivity contribution in [1.29, 1.82) is 0 Å². The molecule has 0 aromatic rings. The van der Waals surface area contributed by atoms with Crippen molar-refractivity contribution < 1.29 is 13.2 Å². The Morgan fingerprint density at radius 1 is 1.28 bits per heavy atom. The molecule has 1 N–H and O–H groups in total. The summed E-state index contributed by atoms with van der Waals surface area (Å²) in [5, 5.41) is 3.47. The Morgan fingerprint density at radius 2 is 1.89 bits per heavy atom. The molecule has 1 saturated heterocycles. The standard InChI is InChI=1S/C12H23F3N2S/c1-5-11(4)8-16-10(2,3)9-17(11)6-7-18-12(13,14)15/h16H,5-9H2,1-4H3. The van der Waals surface area contributed by atoms with Crippen molar-refractivity contribution in [2.24, 2.45) is 0 Å². The SMILES string of the molecule is CCC1(C)CNC(C)(C)CN1CCSC(F)(F)F. The second-order valence-electron chi connectivity index (χ2n) is 5.80. The van der Waals surface area contributed by atoms with Gasteiger partial charge in [0.25, 0.3) is 0 Å². The summed E-state index contributed by atoms with van der Waals surface area (Å²) in [7, 11) is 0. The first kappa shape index (κ1) is 16.1. The van der Waals surface area contributed by atoms with E-state index in [4.69, 9.17) is 0 Å². The molecule has 0 bridgehead atoms. The van der Waals surface area contributed by atoms with Crippen LogP contribution in [0.4, 0.5) is 13.2 Å². The Labute approximate surface area is 112 Å². The van der Waals surface area contributed by atoms with E-state index >= 15 is 0 Å². The summed E-state index contributed by atoms with van der Waals surface area (Å²) < 4.78 is 36.5. The smallest absolute Gasteiger partial charge is 0.309 e. The molecule has 0 spiro atoms. The largest absolute Gasteiger partial charge is 0.441 e. The van der Waals surface area contributed by atoms with Crippen LogP contribution in [0.25, 0.3) is 0 Å². The van der Waals surface area contributed by atoms with Gasteiger partial charge in [-0.3, -0.25) is 4.90 Å². The Kier molecular flexibility index (Phi) is 5.00. The van der Waals surface area contributed by atoms with Gasteiger partial charge >= 0.3 is 5.51 Å². The molecule has 0 aromatic heterocycles. The predicted octanol–water partition coefficient (Wildman–Crippen LogP) is 3.09. The summed E-state index contributed by atoms with van der Waals surface area (Å²) in [5.41, 5.74) is -4.19. The summed E-state index contributed by atoms with van der Waals surface area (Å²) >= 11 is 0.0765. The average molecular weight is 284 g/mol. The summed E-state index contributed by atoms with van der Waals surface area (Å²) in [6.07, 6.45) is 0.937. The monoisotopic (exact) mass is 284 g/mol. The van der Waals surface area contributed by atoms with Gasteiger partial charge in [0, 0.05) is 36.5 Å². The van der Waals surface area contributed by atoms with Crippen LogP contribution in [0.15, 0.2) is 0 Å². The number of nitrogens with one attached hydrogen (secondary N) is 1. The number of nitrogens with zero attached hydrogens (tertiary/aromatic N) is 1.